The zero-order chi connectivity index (χ0) is 28.1. The van der Waals surface area contributed by atoms with Crippen molar-refractivity contribution in [2.24, 2.45) is 5.11 Å². The van der Waals surface area contributed by atoms with Crippen LogP contribution in [-0.2, 0) is 6.42 Å². The van der Waals surface area contributed by atoms with Crippen LogP contribution >= 0.6 is 11.6 Å². The number of fused-ring (bicyclic) bond motifs is 3. The summed E-state index contributed by atoms with van der Waals surface area (Å²) in [6, 6.07) is 17.9. The number of ether oxygens (including phenoxy) is 2. The van der Waals surface area contributed by atoms with Crippen molar-refractivity contribution < 1.29 is 23.8 Å². The quantitative estimate of drug-likeness (QED) is 0.150. The van der Waals surface area contributed by atoms with Gasteiger partial charge in [0.1, 0.15) is 36.1 Å². The van der Waals surface area contributed by atoms with Gasteiger partial charge in [0.15, 0.2) is 0 Å². The minimum atomic E-state index is -0.721. The predicted molar refractivity (Wildman–Crippen MR) is 149 cm³/mol. The molecule has 0 saturated carbocycles. The van der Waals surface area contributed by atoms with Crippen molar-refractivity contribution in [3.05, 3.63) is 94.4 Å². The molecule has 1 amide bonds. The van der Waals surface area contributed by atoms with Crippen LogP contribution in [0.5, 0.6) is 11.5 Å². The molecule has 4 N–H and O–H groups in total. The molecular weight excluding hydrogens is 537 g/mol. The van der Waals surface area contributed by atoms with E-state index in [4.69, 9.17) is 26.6 Å². The molecule has 5 rings (SSSR count). The average Bonchev–Trinajstić information content (AvgIpc) is 3.33. The lowest BCUT2D eigenvalue weighted by atomic mass is 9.92. The molecule has 0 radical (unpaired) electrons. The van der Waals surface area contributed by atoms with E-state index in [0.717, 1.165) is 27.7 Å². The maximum Gasteiger partial charge on any atom is 0.416 e. The third kappa shape index (κ3) is 6.25. The number of aromatic nitrogens is 1. The number of hydrogen-bond donors (Lipinski definition) is 4. The molecule has 0 saturated heterocycles. The monoisotopic (exact) mass is 565 g/mol. The van der Waals surface area contributed by atoms with E-state index in [9.17, 15) is 14.3 Å². The minimum Gasteiger partial charge on any atom is -0.491 e. The summed E-state index contributed by atoms with van der Waals surface area (Å²) in [4.78, 5) is 18.5. The summed E-state index contributed by atoms with van der Waals surface area (Å²) in [5.41, 5.74) is 10.5. The predicted octanol–water partition coefficient (Wildman–Crippen LogP) is 5.47. The zero-order valence-electron chi connectivity index (χ0n) is 21.6. The lowest BCUT2D eigenvalue weighted by Gasteiger charge is -2.35. The fraction of sp³-hybridized carbons (Fsp3) is 0.276. The Morgan fingerprint density at radius 1 is 1.18 bits per heavy atom. The Morgan fingerprint density at radius 3 is 2.67 bits per heavy atom. The summed E-state index contributed by atoms with van der Waals surface area (Å²) < 4.78 is 24.7. The highest BCUT2D eigenvalue weighted by atomic mass is 35.5. The van der Waals surface area contributed by atoms with Crippen LogP contribution in [0.25, 0.3) is 10.9 Å². The molecule has 1 aliphatic heterocycles. The highest BCUT2D eigenvalue weighted by Crippen LogP contribution is 2.40. The largest absolute Gasteiger partial charge is 0.491 e. The first-order valence-electron chi connectivity index (χ1n) is 12.9. The first kappa shape index (κ1) is 27.6. The Morgan fingerprint density at radius 2 is 1.93 bits per heavy atom. The van der Waals surface area contributed by atoms with Gasteiger partial charge in [-0.25, -0.2) is 14.7 Å². The molecule has 0 fully saturated rings. The third-order valence-electron chi connectivity index (χ3n) is 6.76. The van der Waals surface area contributed by atoms with E-state index in [1.807, 2.05) is 30.3 Å². The number of aliphatic hydroxyl groups excluding tert-OH is 1. The van der Waals surface area contributed by atoms with Crippen LogP contribution in [0.4, 0.5) is 9.18 Å². The number of carbonyl (C=O) groups excluding carboxylic acids is 1. The molecule has 0 aliphatic carbocycles. The molecule has 3 aromatic carbocycles. The molecule has 2 atom stereocenters. The Labute approximate surface area is 235 Å². The van der Waals surface area contributed by atoms with Gasteiger partial charge in [-0.15, -0.1) is 0 Å². The second-order valence-electron chi connectivity index (χ2n) is 9.49. The average molecular weight is 566 g/mol. The fourth-order valence-electron chi connectivity index (χ4n) is 4.87. The molecule has 40 heavy (non-hydrogen) atoms. The van der Waals surface area contributed by atoms with Crippen LogP contribution in [0.15, 0.2) is 71.8 Å². The van der Waals surface area contributed by atoms with Gasteiger partial charge < -0.3 is 24.9 Å². The van der Waals surface area contributed by atoms with Crippen molar-refractivity contribution >= 4 is 28.6 Å². The number of amides is 1. The van der Waals surface area contributed by atoms with Crippen LogP contribution < -0.4 is 14.8 Å². The Balaban J connectivity index is 1.38. The van der Waals surface area contributed by atoms with E-state index in [0.29, 0.717) is 43.4 Å². The molecule has 9 nitrogen and oxygen atoms in total. The van der Waals surface area contributed by atoms with E-state index in [1.54, 1.807) is 17.0 Å². The van der Waals surface area contributed by atoms with Gasteiger partial charge in [-0.1, -0.05) is 23.7 Å². The Bertz CT molecular complexity index is 1480. The molecule has 11 heteroatoms. The van der Waals surface area contributed by atoms with Gasteiger partial charge in [0.2, 0.25) is 0 Å². The summed E-state index contributed by atoms with van der Waals surface area (Å²) in [6.07, 6.45) is -0.664. The van der Waals surface area contributed by atoms with Crippen molar-refractivity contribution in [3.8, 4) is 11.5 Å². The highest BCUT2D eigenvalue weighted by molar-refractivity contribution is 6.31. The SMILES string of the molecule is N=NCCNCC(O)COc1ccc(C2c3[nH]c4ccc(Cl)cc4c3CCN2C(=O)Oc2ccc(F)cc2)cc1. The van der Waals surface area contributed by atoms with Crippen molar-refractivity contribution in [1.29, 1.82) is 5.53 Å². The lowest BCUT2D eigenvalue weighted by Crippen LogP contribution is -2.42. The fourth-order valence-corrected chi connectivity index (χ4v) is 5.04. The lowest BCUT2D eigenvalue weighted by molar-refractivity contribution is 0.106. The standard InChI is InChI=1S/C29H29ClFN5O4/c30-19-3-10-26-25(15-19)24-11-14-36(29(38)40-23-8-4-20(31)5-9-23)28(27(24)35-26)18-1-6-22(7-2-18)39-17-21(37)16-33-12-13-34-32/h1-10,15,21,28,32-33,35,37H,11-14,16-17H2. The minimum absolute atomic E-state index is 0.0941. The second-order valence-corrected chi connectivity index (χ2v) is 9.93. The molecule has 2 heterocycles. The molecule has 1 aliphatic rings. The first-order valence-corrected chi connectivity index (χ1v) is 13.3. The number of nitrogens with one attached hydrogen (secondary N) is 3. The number of rotatable bonds is 10. The molecule has 0 spiro atoms. The van der Waals surface area contributed by atoms with Gasteiger partial charge in [-0.3, -0.25) is 4.90 Å². The van der Waals surface area contributed by atoms with Gasteiger partial charge >= 0.3 is 6.09 Å². The molecule has 2 unspecified atom stereocenters. The number of benzene rings is 3. The maximum absolute atomic E-state index is 13.4. The topological polar surface area (TPSA) is 123 Å². The molecule has 4 aromatic rings. The summed E-state index contributed by atoms with van der Waals surface area (Å²) in [7, 11) is 0. The van der Waals surface area contributed by atoms with Gasteiger partial charge in [-0.2, -0.15) is 5.11 Å². The number of nitrogens with zero attached hydrogens (tertiary/aromatic N) is 2. The number of carbonyl (C=O) groups is 1. The third-order valence-corrected chi connectivity index (χ3v) is 7.00. The van der Waals surface area contributed by atoms with Crippen LogP contribution in [0.3, 0.4) is 0 Å². The summed E-state index contributed by atoms with van der Waals surface area (Å²) in [6.45, 7) is 1.70. The van der Waals surface area contributed by atoms with E-state index in [-0.39, 0.29) is 12.4 Å². The van der Waals surface area contributed by atoms with Crippen molar-refractivity contribution in [3.63, 3.8) is 0 Å². The summed E-state index contributed by atoms with van der Waals surface area (Å²) in [5.74, 6) is 0.414. The van der Waals surface area contributed by atoms with Crippen molar-refractivity contribution in [2.45, 2.75) is 18.6 Å². The van der Waals surface area contributed by atoms with Crippen LogP contribution in [0.2, 0.25) is 5.02 Å². The molecule has 1 aromatic heterocycles. The summed E-state index contributed by atoms with van der Waals surface area (Å²) in [5, 5.41) is 18.1. The first-order chi connectivity index (χ1) is 19.4. The zero-order valence-corrected chi connectivity index (χ0v) is 22.3. The molecule has 208 valence electrons. The summed E-state index contributed by atoms with van der Waals surface area (Å²) >= 11 is 6.29. The number of aromatic amines is 1. The Kier molecular flexibility index (Phi) is 8.59. The van der Waals surface area contributed by atoms with Crippen LogP contribution in [-0.4, -0.2) is 60.0 Å². The van der Waals surface area contributed by atoms with E-state index in [2.05, 4.69) is 15.4 Å². The van der Waals surface area contributed by atoms with E-state index in [1.165, 1.54) is 24.3 Å². The Hall–Kier alpha value is -3.99. The van der Waals surface area contributed by atoms with Crippen molar-refractivity contribution in [2.75, 3.05) is 32.8 Å². The maximum atomic E-state index is 13.4. The molecular formula is C29H29ClFN5O4. The normalized spacial score (nSPS) is 15.5. The smallest absolute Gasteiger partial charge is 0.416 e. The van der Waals surface area contributed by atoms with E-state index < -0.39 is 24.1 Å². The number of halogens is 2. The number of aliphatic hydroxyl groups is 1. The highest BCUT2D eigenvalue weighted by Gasteiger charge is 2.35. The van der Waals surface area contributed by atoms with Gasteiger partial charge in [0.25, 0.3) is 0 Å². The number of hydrogen-bond acceptors (Lipinski definition) is 7. The molecule has 0 bridgehead atoms. The number of H-pyrrole nitrogens is 1. The van der Waals surface area contributed by atoms with Crippen LogP contribution in [0.1, 0.15) is 22.9 Å². The van der Waals surface area contributed by atoms with Crippen LogP contribution in [0, 0.1) is 11.3 Å². The van der Waals surface area contributed by atoms with Gasteiger partial charge in [0.05, 0.1) is 6.54 Å². The second kappa shape index (κ2) is 12.5. The van der Waals surface area contributed by atoms with Crippen molar-refractivity contribution in [1.82, 2.24) is 15.2 Å². The van der Waals surface area contributed by atoms with Gasteiger partial charge in [0, 0.05) is 41.3 Å². The van der Waals surface area contributed by atoms with Gasteiger partial charge in [-0.05, 0) is 72.1 Å². The van der Waals surface area contributed by atoms with E-state index >= 15 is 0 Å².